The number of hydrogen-bond acceptors (Lipinski definition) is 3. The maximum absolute atomic E-state index is 4.22. The molecule has 0 aliphatic carbocycles. The molecular formula is C8H13NS2. The van der Waals surface area contributed by atoms with E-state index in [2.05, 4.69) is 18.8 Å². The zero-order valence-electron chi connectivity index (χ0n) is 6.91. The molecule has 0 radical (unpaired) electrons. The molecule has 0 N–H and O–H groups in total. The third-order valence-corrected chi connectivity index (χ3v) is 3.85. The van der Waals surface area contributed by atoms with Crippen LogP contribution in [-0.4, -0.2) is 10.2 Å². The molecule has 62 valence electrons. The van der Waals surface area contributed by atoms with Crippen molar-refractivity contribution in [1.82, 2.24) is 4.98 Å². The van der Waals surface area contributed by atoms with Gasteiger partial charge in [-0.2, -0.15) is 11.8 Å². The fourth-order valence-corrected chi connectivity index (χ4v) is 2.27. The van der Waals surface area contributed by atoms with E-state index in [0.29, 0.717) is 0 Å². The first-order valence-electron chi connectivity index (χ1n) is 3.83. The number of nitrogens with zero attached hydrogens (tertiary/aromatic N) is 1. The SMILES string of the molecule is CCC(C)SCc1nccs1. The third-order valence-electron chi connectivity index (χ3n) is 1.55. The van der Waals surface area contributed by atoms with E-state index in [9.17, 15) is 0 Å². The van der Waals surface area contributed by atoms with Gasteiger partial charge in [-0.3, -0.25) is 0 Å². The van der Waals surface area contributed by atoms with Gasteiger partial charge in [0.1, 0.15) is 5.01 Å². The zero-order valence-corrected chi connectivity index (χ0v) is 8.54. The van der Waals surface area contributed by atoms with Gasteiger partial charge in [-0.15, -0.1) is 11.3 Å². The highest BCUT2D eigenvalue weighted by molar-refractivity contribution is 7.99. The fourth-order valence-electron chi connectivity index (χ4n) is 0.656. The Bertz CT molecular complexity index is 184. The normalized spacial score (nSPS) is 13.3. The molecular weight excluding hydrogens is 174 g/mol. The van der Waals surface area contributed by atoms with Crippen LogP contribution in [0.2, 0.25) is 0 Å². The first kappa shape index (κ1) is 9.07. The largest absolute Gasteiger partial charge is 0.249 e. The highest BCUT2D eigenvalue weighted by Crippen LogP contribution is 2.20. The Balaban J connectivity index is 2.23. The van der Waals surface area contributed by atoms with Crippen molar-refractivity contribution in [3.63, 3.8) is 0 Å². The summed E-state index contributed by atoms with van der Waals surface area (Å²) in [6, 6.07) is 0. The van der Waals surface area contributed by atoms with E-state index < -0.39 is 0 Å². The van der Waals surface area contributed by atoms with Gasteiger partial charge < -0.3 is 0 Å². The fraction of sp³-hybridized carbons (Fsp3) is 0.625. The predicted molar refractivity (Wildman–Crippen MR) is 53.2 cm³/mol. The van der Waals surface area contributed by atoms with Crippen molar-refractivity contribution in [1.29, 1.82) is 0 Å². The third kappa shape index (κ3) is 3.25. The monoisotopic (exact) mass is 187 g/mol. The molecule has 0 aliphatic rings. The lowest BCUT2D eigenvalue weighted by Gasteiger charge is -2.04. The van der Waals surface area contributed by atoms with Gasteiger partial charge in [0.25, 0.3) is 0 Å². The summed E-state index contributed by atoms with van der Waals surface area (Å²) in [7, 11) is 0. The van der Waals surface area contributed by atoms with Gasteiger partial charge in [0, 0.05) is 22.6 Å². The molecule has 0 aromatic carbocycles. The Kier molecular flexibility index (Phi) is 3.94. The van der Waals surface area contributed by atoms with E-state index in [1.807, 2.05) is 23.3 Å². The quantitative estimate of drug-likeness (QED) is 0.718. The lowest BCUT2D eigenvalue weighted by Crippen LogP contribution is -1.92. The molecule has 1 unspecified atom stereocenters. The Hall–Kier alpha value is -0.0200. The average Bonchev–Trinajstić information content (AvgIpc) is 2.52. The molecule has 1 heterocycles. The lowest BCUT2D eigenvalue weighted by atomic mass is 10.4. The van der Waals surface area contributed by atoms with Crippen molar-refractivity contribution < 1.29 is 0 Å². The van der Waals surface area contributed by atoms with Crippen molar-refractivity contribution in [2.24, 2.45) is 0 Å². The number of rotatable bonds is 4. The molecule has 3 heteroatoms. The molecule has 0 spiro atoms. The van der Waals surface area contributed by atoms with Crippen LogP contribution in [-0.2, 0) is 5.75 Å². The van der Waals surface area contributed by atoms with E-state index in [1.54, 1.807) is 11.3 Å². The van der Waals surface area contributed by atoms with Crippen LogP contribution in [0.25, 0.3) is 0 Å². The van der Waals surface area contributed by atoms with Crippen LogP contribution in [0.4, 0.5) is 0 Å². The lowest BCUT2D eigenvalue weighted by molar-refractivity contribution is 0.905. The number of aromatic nitrogens is 1. The molecule has 1 aromatic heterocycles. The van der Waals surface area contributed by atoms with Gasteiger partial charge >= 0.3 is 0 Å². The van der Waals surface area contributed by atoms with Gasteiger partial charge in [-0.1, -0.05) is 13.8 Å². The Morgan fingerprint density at radius 1 is 1.73 bits per heavy atom. The molecule has 11 heavy (non-hydrogen) atoms. The minimum Gasteiger partial charge on any atom is -0.249 e. The second-order valence-corrected chi connectivity index (χ2v) is 4.86. The minimum atomic E-state index is 0.763. The van der Waals surface area contributed by atoms with Gasteiger partial charge in [0.2, 0.25) is 0 Å². The summed E-state index contributed by atoms with van der Waals surface area (Å²) in [4.78, 5) is 4.22. The Labute approximate surface area is 76.2 Å². The topological polar surface area (TPSA) is 12.9 Å². The van der Waals surface area contributed by atoms with Crippen molar-refractivity contribution in [2.45, 2.75) is 31.3 Å². The predicted octanol–water partition coefficient (Wildman–Crippen LogP) is 3.17. The molecule has 0 bridgehead atoms. The maximum atomic E-state index is 4.22. The van der Waals surface area contributed by atoms with E-state index in [-0.39, 0.29) is 0 Å². The molecule has 0 fully saturated rings. The minimum absolute atomic E-state index is 0.763. The smallest absolute Gasteiger partial charge is 0.102 e. The van der Waals surface area contributed by atoms with Crippen LogP contribution >= 0.6 is 23.1 Å². The number of thiazole rings is 1. The van der Waals surface area contributed by atoms with Crippen LogP contribution in [0.1, 0.15) is 25.3 Å². The summed E-state index contributed by atoms with van der Waals surface area (Å²) in [5.41, 5.74) is 0. The van der Waals surface area contributed by atoms with E-state index in [4.69, 9.17) is 0 Å². The molecule has 1 nitrogen and oxygen atoms in total. The van der Waals surface area contributed by atoms with Crippen molar-refractivity contribution >= 4 is 23.1 Å². The second-order valence-electron chi connectivity index (χ2n) is 2.46. The van der Waals surface area contributed by atoms with E-state index in [0.717, 1.165) is 11.0 Å². The molecule has 1 rings (SSSR count). The standard InChI is InChI=1S/C8H13NS2/c1-3-7(2)11-6-8-9-4-5-10-8/h4-5,7H,3,6H2,1-2H3. The van der Waals surface area contributed by atoms with Crippen LogP contribution < -0.4 is 0 Å². The zero-order chi connectivity index (χ0) is 8.10. The van der Waals surface area contributed by atoms with Crippen molar-refractivity contribution in [3.05, 3.63) is 16.6 Å². The van der Waals surface area contributed by atoms with E-state index >= 15 is 0 Å². The van der Waals surface area contributed by atoms with Gasteiger partial charge in [-0.25, -0.2) is 4.98 Å². The Morgan fingerprint density at radius 2 is 2.55 bits per heavy atom. The van der Waals surface area contributed by atoms with Crippen LogP contribution in [0, 0.1) is 0 Å². The average molecular weight is 187 g/mol. The number of hydrogen-bond donors (Lipinski definition) is 0. The van der Waals surface area contributed by atoms with Gasteiger partial charge in [0.05, 0.1) is 0 Å². The summed E-state index contributed by atoms with van der Waals surface area (Å²) in [6.45, 7) is 4.48. The highest BCUT2D eigenvalue weighted by Gasteiger charge is 2.00. The number of thioether (sulfide) groups is 1. The maximum Gasteiger partial charge on any atom is 0.102 e. The highest BCUT2D eigenvalue weighted by atomic mass is 32.2. The molecule has 0 amide bonds. The Morgan fingerprint density at radius 3 is 3.09 bits per heavy atom. The molecule has 1 aromatic rings. The first-order chi connectivity index (χ1) is 5.33. The molecule has 1 atom stereocenters. The summed E-state index contributed by atoms with van der Waals surface area (Å²) < 4.78 is 0. The molecule has 0 aliphatic heterocycles. The van der Waals surface area contributed by atoms with Gasteiger partial charge in [0.15, 0.2) is 0 Å². The summed E-state index contributed by atoms with van der Waals surface area (Å²) in [5, 5.41) is 4.04. The van der Waals surface area contributed by atoms with Crippen LogP contribution in [0.5, 0.6) is 0 Å². The second kappa shape index (κ2) is 4.78. The summed E-state index contributed by atoms with van der Waals surface area (Å²) in [6.07, 6.45) is 3.12. The van der Waals surface area contributed by atoms with Crippen LogP contribution in [0.15, 0.2) is 11.6 Å². The first-order valence-corrected chi connectivity index (χ1v) is 5.75. The van der Waals surface area contributed by atoms with Crippen molar-refractivity contribution in [3.8, 4) is 0 Å². The molecule has 0 saturated heterocycles. The van der Waals surface area contributed by atoms with E-state index in [1.165, 1.54) is 11.4 Å². The van der Waals surface area contributed by atoms with Crippen molar-refractivity contribution in [2.75, 3.05) is 0 Å². The molecule has 0 saturated carbocycles. The van der Waals surface area contributed by atoms with Crippen LogP contribution in [0.3, 0.4) is 0 Å². The summed E-state index contributed by atoms with van der Waals surface area (Å²) in [5.74, 6) is 1.08. The summed E-state index contributed by atoms with van der Waals surface area (Å²) >= 11 is 3.73. The van der Waals surface area contributed by atoms with Gasteiger partial charge in [-0.05, 0) is 6.42 Å².